The summed E-state index contributed by atoms with van der Waals surface area (Å²) in [7, 11) is 0. The standard InChI is InChI=1S/C12H13NO4S/c14-10-4-3-8(12(16)17)7-13(10)11(15)6-9-2-1-5-18-9/h1-2,5,8H,3-4,6-7H2,(H,16,17). The maximum absolute atomic E-state index is 12.0. The monoisotopic (exact) mass is 267 g/mol. The van der Waals surface area contributed by atoms with E-state index in [-0.39, 0.29) is 31.2 Å². The highest BCUT2D eigenvalue weighted by Gasteiger charge is 2.33. The van der Waals surface area contributed by atoms with Gasteiger partial charge < -0.3 is 5.11 Å². The Morgan fingerprint density at radius 3 is 2.89 bits per heavy atom. The van der Waals surface area contributed by atoms with Crippen LogP contribution in [-0.4, -0.2) is 34.3 Å². The van der Waals surface area contributed by atoms with Crippen molar-refractivity contribution in [2.24, 2.45) is 5.92 Å². The number of nitrogens with zero attached hydrogens (tertiary/aromatic N) is 1. The molecule has 0 saturated carbocycles. The SMILES string of the molecule is O=C(O)C1CCC(=O)N(C(=O)Cc2cccs2)C1. The van der Waals surface area contributed by atoms with Crippen molar-refractivity contribution >= 4 is 29.1 Å². The first-order valence-corrected chi connectivity index (χ1v) is 6.54. The van der Waals surface area contributed by atoms with Crippen molar-refractivity contribution in [3.05, 3.63) is 22.4 Å². The number of amides is 2. The van der Waals surface area contributed by atoms with Gasteiger partial charge in [-0.3, -0.25) is 19.3 Å². The zero-order chi connectivity index (χ0) is 13.1. The number of rotatable bonds is 3. The van der Waals surface area contributed by atoms with Crippen LogP contribution < -0.4 is 0 Å². The molecule has 0 aromatic carbocycles. The molecule has 96 valence electrons. The van der Waals surface area contributed by atoms with E-state index in [9.17, 15) is 14.4 Å². The number of carboxylic acid groups (broad SMARTS) is 1. The third-order valence-corrected chi connectivity index (χ3v) is 3.84. The second-order valence-corrected chi connectivity index (χ2v) is 5.26. The van der Waals surface area contributed by atoms with E-state index >= 15 is 0 Å². The fourth-order valence-corrected chi connectivity index (χ4v) is 2.64. The lowest BCUT2D eigenvalue weighted by molar-refractivity contribution is -0.152. The summed E-state index contributed by atoms with van der Waals surface area (Å²) in [6, 6.07) is 3.66. The number of thiophene rings is 1. The molecule has 18 heavy (non-hydrogen) atoms. The first kappa shape index (κ1) is 12.8. The number of hydrogen-bond acceptors (Lipinski definition) is 4. The zero-order valence-corrected chi connectivity index (χ0v) is 10.5. The lowest BCUT2D eigenvalue weighted by Gasteiger charge is -2.28. The number of likely N-dealkylation sites (tertiary alicyclic amines) is 1. The van der Waals surface area contributed by atoms with Gasteiger partial charge in [0.2, 0.25) is 11.8 Å². The molecule has 1 aliphatic rings. The summed E-state index contributed by atoms with van der Waals surface area (Å²) in [5.74, 6) is -2.16. The molecule has 2 amide bonds. The molecule has 1 N–H and O–H groups in total. The molecule has 1 aliphatic heterocycles. The van der Waals surface area contributed by atoms with Crippen LogP contribution in [0.2, 0.25) is 0 Å². The average Bonchev–Trinajstić information content (AvgIpc) is 2.81. The molecule has 6 heteroatoms. The molecule has 1 aromatic rings. The van der Waals surface area contributed by atoms with Crippen molar-refractivity contribution in [1.29, 1.82) is 0 Å². The van der Waals surface area contributed by atoms with Gasteiger partial charge in [-0.1, -0.05) is 6.07 Å². The van der Waals surface area contributed by atoms with E-state index in [1.165, 1.54) is 11.3 Å². The second kappa shape index (κ2) is 5.30. The van der Waals surface area contributed by atoms with Gasteiger partial charge >= 0.3 is 5.97 Å². The van der Waals surface area contributed by atoms with Crippen LogP contribution in [0.4, 0.5) is 0 Å². The normalized spacial score (nSPS) is 19.9. The van der Waals surface area contributed by atoms with Crippen LogP contribution in [0.25, 0.3) is 0 Å². The van der Waals surface area contributed by atoms with E-state index in [4.69, 9.17) is 5.11 Å². The van der Waals surface area contributed by atoms with Gasteiger partial charge in [-0.25, -0.2) is 0 Å². The largest absolute Gasteiger partial charge is 0.481 e. The average molecular weight is 267 g/mol. The number of piperidine rings is 1. The number of carboxylic acids is 1. The van der Waals surface area contributed by atoms with Gasteiger partial charge in [0.1, 0.15) is 0 Å². The van der Waals surface area contributed by atoms with E-state index < -0.39 is 11.9 Å². The number of carbonyl (C=O) groups excluding carboxylic acids is 2. The van der Waals surface area contributed by atoms with Gasteiger partial charge in [-0.05, 0) is 17.9 Å². The Balaban J connectivity index is 2.03. The van der Waals surface area contributed by atoms with Gasteiger partial charge in [0.05, 0.1) is 12.3 Å². The summed E-state index contributed by atoms with van der Waals surface area (Å²) in [6.45, 7) is -0.00161. The number of imide groups is 1. The van der Waals surface area contributed by atoms with Crippen LogP contribution in [-0.2, 0) is 20.8 Å². The smallest absolute Gasteiger partial charge is 0.308 e. The number of aliphatic carboxylic acids is 1. The van der Waals surface area contributed by atoms with Crippen molar-refractivity contribution in [3.63, 3.8) is 0 Å². The fourth-order valence-electron chi connectivity index (χ4n) is 1.95. The van der Waals surface area contributed by atoms with Crippen molar-refractivity contribution in [3.8, 4) is 0 Å². The summed E-state index contributed by atoms with van der Waals surface area (Å²) in [5, 5.41) is 10.8. The molecule has 0 bridgehead atoms. The molecule has 1 fully saturated rings. The van der Waals surface area contributed by atoms with Crippen molar-refractivity contribution < 1.29 is 19.5 Å². The van der Waals surface area contributed by atoms with Crippen LogP contribution in [0, 0.1) is 5.92 Å². The van der Waals surface area contributed by atoms with Crippen LogP contribution in [0.15, 0.2) is 17.5 Å². The Labute approximate surface area is 108 Å². The van der Waals surface area contributed by atoms with E-state index in [0.717, 1.165) is 9.78 Å². The highest BCUT2D eigenvalue weighted by molar-refractivity contribution is 7.10. The van der Waals surface area contributed by atoms with Gasteiger partial charge in [0.15, 0.2) is 0 Å². The molecule has 1 aromatic heterocycles. The van der Waals surface area contributed by atoms with Gasteiger partial charge in [0.25, 0.3) is 0 Å². The predicted octanol–water partition coefficient (Wildman–Crippen LogP) is 1.14. The maximum Gasteiger partial charge on any atom is 0.308 e. The molecule has 1 unspecified atom stereocenters. The summed E-state index contributed by atoms with van der Waals surface area (Å²) in [6.07, 6.45) is 0.611. The minimum atomic E-state index is -0.948. The Morgan fingerprint density at radius 2 is 2.28 bits per heavy atom. The fraction of sp³-hybridized carbons (Fsp3) is 0.417. The molecule has 1 atom stereocenters. The lowest BCUT2D eigenvalue weighted by atomic mass is 9.97. The highest BCUT2D eigenvalue weighted by atomic mass is 32.1. The Kier molecular flexibility index (Phi) is 3.76. The van der Waals surface area contributed by atoms with Crippen molar-refractivity contribution in [1.82, 2.24) is 4.90 Å². The van der Waals surface area contributed by atoms with E-state index in [1.54, 1.807) is 0 Å². The summed E-state index contributed by atoms with van der Waals surface area (Å²) < 4.78 is 0. The third kappa shape index (κ3) is 2.76. The molecular formula is C12H13NO4S. The van der Waals surface area contributed by atoms with Crippen LogP contribution in [0.1, 0.15) is 17.7 Å². The second-order valence-electron chi connectivity index (χ2n) is 4.23. The first-order valence-electron chi connectivity index (χ1n) is 5.66. The minimum Gasteiger partial charge on any atom is -0.481 e. The summed E-state index contributed by atoms with van der Waals surface area (Å²) in [4.78, 5) is 36.5. The molecule has 2 rings (SSSR count). The summed E-state index contributed by atoms with van der Waals surface area (Å²) >= 11 is 1.45. The molecule has 0 aliphatic carbocycles. The Hall–Kier alpha value is -1.69. The number of hydrogen-bond donors (Lipinski definition) is 1. The molecule has 2 heterocycles. The molecular weight excluding hydrogens is 254 g/mol. The molecule has 5 nitrogen and oxygen atoms in total. The highest BCUT2D eigenvalue weighted by Crippen LogP contribution is 2.19. The van der Waals surface area contributed by atoms with E-state index in [1.807, 2.05) is 17.5 Å². The molecule has 1 saturated heterocycles. The van der Waals surface area contributed by atoms with Crippen molar-refractivity contribution in [2.45, 2.75) is 19.3 Å². The number of carbonyl (C=O) groups is 3. The predicted molar refractivity (Wildman–Crippen MR) is 65.1 cm³/mol. The van der Waals surface area contributed by atoms with Gasteiger partial charge in [-0.2, -0.15) is 0 Å². The topological polar surface area (TPSA) is 74.7 Å². The van der Waals surface area contributed by atoms with Crippen LogP contribution in [0.3, 0.4) is 0 Å². The maximum atomic E-state index is 12.0. The third-order valence-electron chi connectivity index (χ3n) is 2.97. The quantitative estimate of drug-likeness (QED) is 0.891. The molecule has 0 radical (unpaired) electrons. The summed E-state index contributed by atoms with van der Waals surface area (Å²) in [5.41, 5.74) is 0. The first-order chi connectivity index (χ1) is 8.58. The van der Waals surface area contributed by atoms with E-state index in [2.05, 4.69) is 0 Å². The molecule has 0 spiro atoms. The van der Waals surface area contributed by atoms with E-state index in [0.29, 0.717) is 6.42 Å². The van der Waals surface area contributed by atoms with Crippen LogP contribution in [0.5, 0.6) is 0 Å². The van der Waals surface area contributed by atoms with Gasteiger partial charge in [0, 0.05) is 17.8 Å². The van der Waals surface area contributed by atoms with Gasteiger partial charge in [-0.15, -0.1) is 11.3 Å². The minimum absolute atomic E-state index is 0.00161. The zero-order valence-electron chi connectivity index (χ0n) is 9.67. The van der Waals surface area contributed by atoms with Crippen LogP contribution >= 0.6 is 11.3 Å². The Bertz CT molecular complexity index is 468. The lowest BCUT2D eigenvalue weighted by Crippen LogP contribution is -2.46. The Morgan fingerprint density at radius 1 is 1.50 bits per heavy atom. The van der Waals surface area contributed by atoms with Crippen molar-refractivity contribution in [2.75, 3.05) is 6.54 Å².